The molecule has 0 aliphatic carbocycles. The second kappa shape index (κ2) is 5.47. The lowest BCUT2D eigenvalue weighted by Gasteiger charge is -2.06. The molecule has 3 rings (SSSR count). The highest BCUT2D eigenvalue weighted by atomic mass is 16.5. The predicted octanol–water partition coefficient (Wildman–Crippen LogP) is 3.15. The van der Waals surface area contributed by atoms with E-state index in [1.165, 1.54) is 4.68 Å². The molecule has 21 heavy (non-hydrogen) atoms. The molecule has 2 aromatic carbocycles. The molecular weight excluding hydrogens is 264 g/mol. The molecule has 5 nitrogen and oxygen atoms in total. The van der Waals surface area contributed by atoms with Gasteiger partial charge < -0.3 is 4.74 Å². The number of hydrogen-bond donors (Lipinski definition) is 0. The van der Waals surface area contributed by atoms with Crippen molar-refractivity contribution in [2.24, 2.45) is 7.05 Å². The van der Waals surface area contributed by atoms with E-state index in [0.717, 1.165) is 11.3 Å². The summed E-state index contributed by atoms with van der Waals surface area (Å²) >= 11 is 0. The van der Waals surface area contributed by atoms with Gasteiger partial charge in [-0.1, -0.05) is 35.5 Å². The number of nitrogens with zero attached hydrogens (tertiary/aromatic N) is 4. The molecule has 0 aliphatic rings. The molecule has 0 bridgehead atoms. The zero-order chi connectivity index (χ0) is 14.7. The summed E-state index contributed by atoms with van der Waals surface area (Å²) in [5.74, 6) is 1.45. The SMILES string of the molecule is Cn1nnc(-c2cccc(Oc3ccccc3)c2)c1C#N. The molecule has 0 aliphatic heterocycles. The zero-order valence-electron chi connectivity index (χ0n) is 11.4. The summed E-state index contributed by atoms with van der Waals surface area (Å²) in [6.07, 6.45) is 0. The fourth-order valence-electron chi connectivity index (χ4n) is 2.01. The fourth-order valence-corrected chi connectivity index (χ4v) is 2.01. The van der Waals surface area contributed by atoms with E-state index in [9.17, 15) is 5.26 Å². The van der Waals surface area contributed by atoms with E-state index in [1.807, 2.05) is 54.6 Å². The molecule has 0 atom stereocenters. The first-order chi connectivity index (χ1) is 10.3. The lowest BCUT2D eigenvalue weighted by atomic mass is 10.1. The first kappa shape index (κ1) is 12.9. The Hall–Kier alpha value is -3.13. The highest BCUT2D eigenvalue weighted by Crippen LogP contribution is 2.27. The lowest BCUT2D eigenvalue weighted by molar-refractivity contribution is 0.483. The van der Waals surface area contributed by atoms with Gasteiger partial charge in [0.1, 0.15) is 23.3 Å². The fraction of sp³-hybridized carbons (Fsp3) is 0.0625. The molecule has 0 fully saturated rings. The molecule has 0 unspecified atom stereocenters. The van der Waals surface area contributed by atoms with E-state index in [1.54, 1.807) is 7.05 Å². The van der Waals surface area contributed by atoms with Crippen LogP contribution in [0.1, 0.15) is 5.69 Å². The molecule has 0 saturated carbocycles. The van der Waals surface area contributed by atoms with E-state index in [4.69, 9.17) is 4.74 Å². The first-order valence-corrected chi connectivity index (χ1v) is 6.41. The van der Waals surface area contributed by atoms with Crippen molar-refractivity contribution in [1.82, 2.24) is 15.0 Å². The van der Waals surface area contributed by atoms with E-state index < -0.39 is 0 Å². The second-order valence-corrected chi connectivity index (χ2v) is 4.47. The third-order valence-electron chi connectivity index (χ3n) is 3.02. The van der Waals surface area contributed by atoms with Crippen LogP contribution in [-0.2, 0) is 7.05 Å². The largest absolute Gasteiger partial charge is 0.457 e. The van der Waals surface area contributed by atoms with Crippen molar-refractivity contribution in [2.75, 3.05) is 0 Å². The number of benzene rings is 2. The van der Waals surface area contributed by atoms with E-state index in [-0.39, 0.29) is 0 Å². The van der Waals surface area contributed by atoms with Crippen LogP contribution in [0.4, 0.5) is 0 Å². The van der Waals surface area contributed by atoms with E-state index in [2.05, 4.69) is 16.4 Å². The van der Waals surface area contributed by atoms with Crippen molar-refractivity contribution in [3.8, 4) is 28.8 Å². The molecule has 0 saturated heterocycles. The molecule has 1 heterocycles. The van der Waals surface area contributed by atoms with Gasteiger partial charge in [-0.15, -0.1) is 5.10 Å². The van der Waals surface area contributed by atoms with Gasteiger partial charge in [0.05, 0.1) is 0 Å². The smallest absolute Gasteiger partial charge is 0.166 e. The number of ether oxygens (including phenoxy) is 1. The maximum atomic E-state index is 9.17. The monoisotopic (exact) mass is 276 g/mol. The number of nitriles is 1. The molecule has 5 heteroatoms. The van der Waals surface area contributed by atoms with Gasteiger partial charge in [0, 0.05) is 12.6 Å². The van der Waals surface area contributed by atoms with Crippen molar-refractivity contribution < 1.29 is 4.74 Å². The van der Waals surface area contributed by atoms with Gasteiger partial charge in [0.25, 0.3) is 0 Å². The lowest BCUT2D eigenvalue weighted by Crippen LogP contribution is -1.94. The van der Waals surface area contributed by atoms with Gasteiger partial charge >= 0.3 is 0 Å². The van der Waals surface area contributed by atoms with Crippen LogP contribution < -0.4 is 4.74 Å². The van der Waals surface area contributed by atoms with Crippen LogP contribution in [-0.4, -0.2) is 15.0 Å². The van der Waals surface area contributed by atoms with Crippen LogP contribution >= 0.6 is 0 Å². The minimum Gasteiger partial charge on any atom is -0.457 e. The van der Waals surface area contributed by atoms with E-state index in [0.29, 0.717) is 17.1 Å². The molecule has 0 spiro atoms. The van der Waals surface area contributed by atoms with Crippen molar-refractivity contribution >= 4 is 0 Å². The molecule has 0 amide bonds. The number of aromatic nitrogens is 3. The molecule has 0 N–H and O–H groups in total. The minimum absolute atomic E-state index is 0.423. The van der Waals surface area contributed by atoms with Gasteiger partial charge in [-0.05, 0) is 24.3 Å². The minimum atomic E-state index is 0.423. The Labute approximate surface area is 122 Å². The molecular formula is C16H12N4O. The number of rotatable bonds is 3. The highest BCUT2D eigenvalue weighted by molar-refractivity contribution is 5.66. The van der Waals surface area contributed by atoms with Crippen molar-refractivity contribution in [3.63, 3.8) is 0 Å². The molecule has 102 valence electrons. The maximum absolute atomic E-state index is 9.17. The normalized spacial score (nSPS) is 10.1. The van der Waals surface area contributed by atoms with E-state index >= 15 is 0 Å². The van der Waals surface area contributed by atoms with Crippen LogP contribution in [0, 0.1) is 11.3 Å². The summed E-state index contributed by atoms with van der Waals surface area (Å²) in [6, 6.07) is 19.1. The van der Waals surface area contributed by atoms with Crippen molar-refractivity contribution in [1.29, 1.82) is 5.26 Å². The number of hydrogen-bond acceptors (Lipinski definition) is 4. The number of aryl methyl sites for hydroxylation is 1. The Bertz CT molecular complexity index is 803. The summed E-state index contributed by atoms with van der Waals surface area (Å²) in [5, 5.41) is 17.1. The summed E-state index contributed by atoms with van der Waals surface area (Å²) in [4.78, 5) is 0. The Balaban J connectivity index is 1.95. The Morgan fingerprint density at radius 2 is 1.81 bits per heavy atom. The third-order valence-corrected chi connectivity index (χ3v) is 3.02. The van der Waals surface area contributed by atoms with Crippen LogP contribution in [0.25, 0.3) is 11.3 Å². The molecule has 1 aromatic heterocycles. The summed E-state index contributed by atoms with van der Waals surface area (Å²) < 4.78 is 7.24. The predicted molar refractivity (Wildman–Crippen MR) is 77.7 cm³/mol. The van der Waals surface area contributed by atoms with Crippen LogP contribution in [0.15, 0.2) is 54.6 Å². The van der Waals surface area contributed by atoms with Gasteiger partial charge in [-0.2, -0.15) is 5.26 Å². The Morgan fingerprint density at radius 1 is 1.05 bits per heavy atom. The molecule has 3 aromatic rings. The second-order valence-electron chi connectivity index (χ2n) is 4.47. The number of para-hydroxylation sites is 1. The van der Waals surface area contributed by atoms with Crippen molar-refractivity contribution in [2.45, 2.75) is 0 Å². The maximum Gasteiger partial charge on any atom is 0.166 e. The average molecular weight is 276 g/mol. The zero-order valence-corrected chi connectivity index (χ0v) is 11.4. The van der Waals surface area contributed by atoms with Gasteiger partial charge in [0.2, 0.25) is 0 Å². The summed E-state index contributed by atoms with van der Waals surface area (Å²) in [6.45, 7) is 0. The Morgan fingerprint density at radius 3 is 2.57 bits per heavy atom. The summed E-state index contributed by atoms with van der Waals surface area (Å²) in [7, 11) is 1.69. The van der Waals surface area contributed by atoms with Crippen LogP contribution in [0.2, 0.25) is 0 Å². The van der Waals surface area contributed by atoms with Crippen LogP contribution in [0.5, 0.6) is 11.5 Å². The van der Waals surface area contributed by atoms with Crippen molar-refractivity contribution in [3.05, 3.63) is 60.3 Å². The standard InChI is InChI=1S/C16H12N4O/c1-20-15(11-17)16(18-19-20)12-6-5-9-14(10-12)21-13-7-3-2-4-8-13/h2-10H,1H3. The molecule has 0 radical (unpaired) electrons. The highest BCUT2D eigenvalue weighted by Gasteiger charge is 2.12. The first-order valence-electron chi connectivity index (χ1n) is 6.41. The summed E-state index contributed by atoms with van der Waals surface area (Å²) in [5.41, 5.74) is 1.78. The topological polar surface area (TPSA) is 63.7 Å². The van der Waals surface area contributed by atoms with Gasteiger partial charge in [-0.25, -0.2) is 4.68 Å². The quantitative estimate of drug-likeness (QED) is 0.737. The average Bonchev–Trinajstić information content (AvgIpc) is 2.89. The Kier molecular flexibility index (Phi) is 3.36. The van der Waals surface area contributed by atoms with Crippen LogP contribution in [0.3, 0.4) is 0 Å². The van der Waals surface area contributed by atoms with Gasteiger partial charge in [-0.3, -0.25) is 0 Å². The van der Waals surface area contributed by atoms with Gasteiger partial charge in [0.15, 0.2) is 5.69 Å². The third kappa shape index (κ3) is 2.60.